The summed E-state index contributed by atoms with van der Waals surface area (Å²) in [4.78, 5) is 0. The summed E-state index contributed by atoms with van der Waals surface area (Å²) in [6, 6.07) is -0.166. The average molecular weight is 288 g/mol. The van der Waals surface area contributed by atoms with Crippen LogP contribution in [0.2, 0.25) is 0 Å². The summed E-state index contributed by atoms with van der Waals surface area (Å²) in [5.41, 5.74) is 0.627. The number of aromatic amines is 1. The Morgan fingerprint density at radius 3 is 3.00 bits per heavy atom. The third-order valence-electron chi connectivity index (χ3n) is 3.38. The molecule has 1 aromatic rings. The molecule has 2 rings (SSSR count). The molecule has 1 aliphatic rings. The summed E-state index contributed by atoms with van der Waals surface area (Å²) < 4.78 is 32.7. The van der Waals surface area contributed by atoms with Gasteiger partial charge < -0.3 is 10.1 Å². The highest BCUT2D eigenvalue weighted by molar-refractivity contribution is 7.89. The highest BCUT2D eigenvalue weighted by Gasteiger charge is 2.32. The van der Waals surface area contributed by atoms with E-state index in [1.54, 1.807) is 14.2 Å². The Morgan fingerprint density at radius 2 is 2.32 bits per heavy atom. The quantitative estimate of drug-likeness (QED) is 0.683. The van der Waals surface area contributed by atoms with Crippen LogP contribution in [0.4, 0.5) is 0 Å². The summed E-state index contributed by atoms with van der Waals surface area (Å²) in [6.45, 7) is 0.450. The Hall–Kier alpha value is -0.960. The summed E-state index contributed by atoms with van der Waals surface area (Å²) in [5.74, 6) is 0. The first-order chi connectivity index (χ1) is 9.08. The van der Waals surface area contributed by atoms with Crippen molar-refractivity contribution in [3.63, 3.8) is 0 Å². The van der Waals surface area contributed by atoms with Crippen molar-refractivity contribution in [3.8, 4) is 0 Å². The maximum atomic E-state index is 12.3. The SMILES string of the molecule is CNCc1cn[nH]c1S(=O)(=O)NC1CCCC1OC. The fourth-order valence-electron chi connectivity index (χ4n) is 2.45. The van der Waals surface area contributed by atoms with Crippen LogP contribution < -0.4 is 10.0 Å². The van der Waals surface area contributed by atoms with Gasteiger partial charge in [-0.3, -0.25) is 5.10 Å². The van der Waals surface area contributed by atoms with Crippen molar-refractivity contribution in [3.05, 3.63) is 11.8 Å². The number of nitrogens with one attached hydrogen (secondary N) is 3. The van der Waals surface area contributed by atoms with Gasteiger partial charge in [0.05, 0.1) is 12.3 Å². The van der Waals surface area contributed by atoms with Gasteiger partial charge in [-0.1, -0.05) is 0 Å². The highest BCUT2D eigenvalue weighted by Crippen LogP contribution is 2.23. The highest BCUT2D eigenvalue weighted by atomic mass is 32.2. The van der Waals surface area contributed by atoms with Gasteiger partial charge in [0.25, 0.3) is 10.0 Å². The number of methoxy groups -OCH3 is 1. The smallest absolute Gasteiger partial charge is 0.258 e. The third kappa shape index (κ3) is 3.14. The van der Waals surface area contributed by atoms with Crippen molar-refractivity contribution >= 4 is 10.0 Å². The number of ether oxygens (including phenoxy) is 1. The molecule has 1 saturated carbocycles. The molecule has 0 radical (unpaired) electrons. The van der Waals surface area contributed by atoms with E-state index in [0.717, 1.165) is 19.3 Å². The maximum Gasteiger partial charge on any atom is 0.258 e. The van der Waals surface area contributed by atoms with Crippen molar-refractivity contribution in [1.29, 1.82) is 0 Å². The molecular weight excluding hydrogens is 268 g/mol. The molecule has 2 unspecified atom stereocenters. The molecule has 0 aliphatic heterocycles. The minimum atomic E-state index is -3.58. The van der Waals surface area contributed by atoms with Crippen molar-refractivity contribution in [2.45, 2.75) is 43.0 Å². The largest absolute Gasteiger partial charge is 0.380 e. The van der Waals surface area contributed by atoms with E-state index in [-0.39, 0.29) is 17.2 Å². The first kappa shape index (κ1) is 14.4. The van der Waals surface area contributed by atoms with Crippen LogP contribution in [0, 0.1) is 0 Å². The van der Waals surface area contributed by atoms with Crippen molar-refractivity contribution < 1.29 is 13.2 Å². The lowest BCUT2D eigenvalue weighted by Gasteiger charge is -2.19. The Kier molecular flexibility index (Phi) is 4.56. The predicted octanol–water partition coefficient (Wildman–Crippen LogP) is -0.0251. The second kappa shape index (κ2) is 6.00. The molecule has 0 amide bonds. The molecule has 1 aromatic heterocycles. The number of rotatable bonds is 6. The van der Waals surface area contributed by atoms with Crippen LogP contribution >= 0.6 is 0 Å². The number of H-pyrrole nitrogens is 1. The molecule has 0 bridgehead atoms. The van der Waals surface area contributed by atoms with Crippen LogP contribution in [0.15, 0.2) is 11.2 Å². The van der Waals surface area contributed by atoms with Gasteiger partial charge in [0.15, 0.2) is 5.03 Å². The van der Waals surface area contributed by atoms with Gasteiger partial charge in [-0.25, -0.2) is 13.1 Å². The second-order valence-corrected chi connectivity index (χ2v) is 6.34. The molecule has 108 valence electrons. The standard InChI is InChI=1S/C11H20N4O3S/c1-12-6-8-7-13-14-11(8)19(16,17)15-9-4-3-5-10(9)18-2/h7,9-10,12,15H,3-6H2,1-2H3,(H,13,14). The van der Waals surface area contributed by atoms with Crippen LogP contribution in [0.5, 0.6) is 0 Å². The lowest BCUT2D eigenvalue weighted by molar-refractivity contribution is 0.0916. The normalized spacial score (nSPS) is 23.9. The Bertz CT molecular complexity index is 514. The minimum absolute atomic E-state index is 0.0505. The van der Waals surface area contributed by atoms with Gasteiger partial charge in [-0.05, 0) is 26.3 Å². The number of sulfonamides is 1. The fraction of sp³-hybridized carbons (Fsp3) is 0.727. The second-order valence-electron chi connectivity index (χ2n) is 4.69. The number of aromatic nitrogens is 2. The molecule has 2 atom stereocenters. The number of hydrogen-bond donors (Lipinski definition) is 3. The van der Waals surface area contributed by atoms with Crippen LogP contribution in [-0.4, -0.2) is 44.9 Å². The third-order valence-corrected chi connectivity index (χ3v) is 4.88. The number of nitrogens with zero attached hydrogens (tertiary/aromatic N) is 1. The Balaban J connectivity index is 2.15. The first-order valence-electron chi connectivity index (χ1n) is 6.30. The first-order valence-corrected chi connectivity index (χ1v) is 7.78. The molecule has 1 fully saturated rings. The lowest BCUT2D eigenvalue weighted by Crippen LogP contribution is -2.41. The van der Waals surface area contributed by atoms with Crippen molar-refractivity contribution in [1.82, 2.24) is 20.2 Å². The molecule has 8 heteroatoms. The van der Waals surface area contributed by atoms with E-state index in [1.165, 1.54) is 6.20 Å². The Labute approximate surface area is 113 Å². The summed E-state index contributed by atoms with van der Waals surface area (Å²) in [6.07, 6.45) is 4.12. The monoisotopic (exact) mass is 288 g/mol. The minimum Gasteiger partial charge on any atom is -0.380 e. The molecule has 3 N–H and O–H groups in total. The van der Waals surface area contributed by atoms with E-state index >= 15 is 0 Å². The van der Waals surface area contributed by atoms with Gasteiger partial charge in [0.1, 0.15) is 0 Å². The van der Waals surface area contributed by atoms with Gasteiger partial charge in [-0.15, -0.1) is 0 Å². The molecule has 1 aliphatic carbocycles. The van der Waals surface area contributed by atoms with Gasteiger partial charge >= 0.3 is 0 Å². The average Bonchev–Trinajstić information content (AvgIpc) is 2.98. The molecule has 0 aromatic carbocycles. The molecular formula is C11H20N4O3S. The van der Waals surface area contributed by atoms with Crippen molar-refractivity contribution in [2.75, 3.05) is 14.2 Å². The molecule has 19 heavy (non-hydrogen) atoms. The van der Waals surface area contributed by atoms with Gasteiger partial charge in [-0.2, -0.15) is 5.10 Å². The fourth-order valence-corrected chi connectivity index (χ4v) is 3.88. The maximum absolute atomic E-state index is 12.3. The topological polar surface area (TPSA) is 96.1 Å². The van der Waals surface area contributed by atoms with E-state index in [4.69, 9.17) is 4.74 Å². The Morgan fingerprint density at radius 1 is 1.53 bits per heavy atom. The van der Waals surface area contributed by atoms with E-state index in [2.05, 4.69) is 20.2 Å². The van der Waals surface area contributed by atoms with Crippen LogP contribution in [-0.2, 0) is 21.3 Å². The molecule has 0 saturated heterocycles. The molecule has 7 nitrogen and oxygen atoms in total. The number of hydrogen-bond acceptors (Lipinski definition) is 5. The van der Waals surface area contributed by atoms with Crippen molar-refractivity contribution in [2.24, 2.45) is 0 Å². The molecule has 1 heterocycles. The van der Waals surface area contributed by atoms with Crippen LogP contribution in [0.3, 0.4) is 0 Å². The lowest BCUT2D eigenvalue weighted by atomic mass is 10.2. The zero-order chi connectivity index (χ0) is 13.9. The van der Waals surface area contributed by atoms with Crippen LogP contribution in [0.25, 0.3) is 0 Å². The van der Waals surface area contributed by atoms with Gasteiger partial charge in [0.2, 0.25) is 0 Å². The van der Waals surface area contributed by atoms with E-state index in [9.17, 15) is 8.42 Å². The van der Waals surface area contributed by atoms with E-state index in [0.29, 0.717) is 12.1 Å². The predicted molar refractivity (Wildman–Crippen MR) is 70.1 cm³/mol. The summed E-state index contributed by atoms with van der Waals surface area (Å²) in [5, 5.41) is 9.41. The summed E-state index contributed by atoms with van der Waals surface area (Å²) in [7, 11) is -0.215. The zero-order valence-electron chi connectivity index (χ0n) is 11.1. The molecule has 0 spiro atoms. The van der Waals surface area contributed by atoms with Crippen LogP contribution in [0.1, 0.15) is 24.8 Å². The van der Waals surface area contributed by atoms with E-state index < -0.39 is 10.0 Å². The zero-order valence-corrected chi connectivity index (χ0v) is 12.0. The van der Waals surface area contributed by atoms with Gasteiger partial charge in [0, 0.05) is 25.3 Å². The van der Waals surface area contributed by atoms with E-state index in [1.807, 2.05) is 0 Å². The summed E-state index contributed by atoms with van der Waals surface area (Å²) >= 11 is 0.